The van der Waals surface area contributed by atoms with Crippen LogP contribution in [-0.4, -0.2) is 41.0 Å². The van der Waals surface area contributed by atoms with E-state index < -0.39 is 12.0 Å². The first-order valence-corrected chi connectivity index (χ1v) is 10.5. The summed E-state index contributed by atoms with van der Waals surface area (Å²) in [6, 6.07) is 10.1. The Morgan fingerprint density at radius 1 is 1.17 bits per heavy atom. The van der Waals surface area contributed by atoms with E-state index in [2.05, 4.69) is 20.8 Å². The number of hydrogen-bond donors (Lipinski definition) is 0. The number of benzene rings is 1. The zero-order chi connectivity index (χ0) is 21.2. The van der Waals surface area contributed by atoms with Gasteiger partial charge in [-0.05, 0) is 23.1 Å². The minimum atomic E-state index is -0.747. The summed E-state index contributed by atoms with van der Waals surface area (Å²) in [4.78, 5) is 38.6. The van der Waals surface area contributed by atoms with Crippen LogP contribution in [0.15, 0.2) is 47.1 Å². The van der Waals surface area contributed by atoms with E-state index in [9.17, 15) is 14.4 Å². The predicted molar refractivity (Wildman–Crippen MR) is 111 cm³/mol. The summed E-state index contributed by atoms with van der Waals surface area (Å²) in [5.74, 6) is -0.112. The van der Waals surface area contributed by atoms with Gasteiger partial charge in [0.05, 0.1) is 6.26 Å². The van der Waals surface area contributed by atoms with Gasteiger partial charge in [-0.1, -0.05) is 45.0 Å². The second-order valence-corrected chi connectivity index (χ2v) is 9.11. The molecule has 0 radical (unpaired) electrons. The van der Waals surface area contributed by atoms with Crippen LogP contribution < -0.4 is 0 Å². The number of ketones is 1. The minimum Gasteiger partial charge on any atom is -0.466 e. The molecule has 3 rings (SSSR count). The van der Waals surface area contributed by atoms with Gasteiger partial charge in [-0.15, -0.1) is 11.8 Å². The van der Waals surface area contributed by atoms with Gasteiger partial charge in [-0.25, -0.2) is 4.79 Å². The maximum Gasteiger partial charge on any atom is 0.330 e. The molecule has 0 spiro atoms. The Morgan fingerprint density at radius 2 is 1.86 bits per heavy atom. The Kier molecular flexibility index (Phi) is 6.17. The highest BCUT2D eigenvalue weighted by Crippen LogP contribution is 2.41. The molecule has 1 aromatic carbocycles. The number of nitrogens with zero attached hydrogens (tertiary/aromatic N) is 1. The lowest BCUT2D eigenvalue weighted by Gasteiger charge is -2.25. The predicted octanol–water partition coefficient (Wildman–Crippen LogP) is 3.97. The molecule has 1 aliphatic heterocycles. The Bertz CT molecular complexity index is 883. The summed E-state index contributed by atoms with van der Waals surface area (Å²) in [7, 11) is 0. The fraction of sp³-hybridized carbons (Fsp3) is 0.409. The topological polar surface area (TPSA) is 76.8 Å². The number of hydrogen-bond acceptors (Lipinski definition) is 6. The van der Waals surface area contributed by atoms with Crippen molar-refractivity contribution >= 4 is 29.4 Å². The second-order valence-electron chi connectivity index (χ2n) is 8.00. The largest absolute Gasteiger partial charge is 0.466 e. The van der Waals surface area contributed by atoms with Crippen molar-refractivity contribution in [3.63, 3.8) is 0 Å². The lowest BCUT2D eigenvalue weighted by molar-refractivity contribution is -0.152. The van der Waals surface area contributed by atoms with Gasteiger partial charge in [-0.2, -0.15) is 0 Å². The highest BCUT2D eigenvalue weighted by molar-refractivity contribution is 7.99. The third-order valence-electron chi connectivity index (χ3n) is 4.84. The van der Waals surface area contributed by atoms with Crippen LogP contribution in [0.1, 0.15) is 54.8 Å². The van der Waals surface area contributed by atoms with Crippen LogP contribution in [0, 0.1) is 0 Å². The molecule has 1 amide bonds. The standard InChI is InChI=1S/C22H25NO5S/c1-14(24)23-17(13-29-20(23)19-6-5-11-27-19)21(26)28-12-18(25)15-7-9-16(10-8-15)22(2,3)4/h5-11,17,20H,12-13H2,1-4H3/t17-,20+/m0/s1. The average Bonchev–Trinajstić information content (AvgIpc) is 3.34. The van der Waals surface area contributed by atoms with Crippen molar-refractivity contribution in [1.29, 1.82) is 0 Å². The van der Waals surface area contributed by atoms with E-state index in [1.807, 2.05) is 12.1 Å². The van der Waals surface area contributed by atoms with Gasteiger partial charge in [0, 0.05) is 18.2 Å². The van der Waals surface area contributed by atoms with E-state index in [4.69, 9.17) is 9.15 Å². The van der Waals surface area contributed by atoms with Gasteiger partial charge < -0.3 is 14.1 Å². The lowest BCUT2D eigenvalue weighted by atomic mass is 9.86. The number of carbonyl (C=O) groups excluding carboxylic acids is 3. The molecule has 1 fully saturated rings. The number of thioether (sulfide) groups is 1. The van der Waals surface area contributed by atoms with Crippen molar-refractivity contribution in [3.8, 4) is 0 Å². The zero-order valence-corrected chi connectivity index (χ0v) is 17.8. The van der Waals surface area contributed by atoms with Crippen molar-refractivity contribution in [2.75, 3.05) is 12.4 Å². The van der Waals surface area contributed by atoms with E-state index in [0.29, 0.717) is 17.1 Å². The molecule has 0 N–H and O–H groups in total. The molecular formula is C22H25NO5S. The summed E-state index contributed by atoms with van der Waals surface area (Å²) >= 11 is 1.43. The molecule has 29 heavy (non-hydrogen) atoms. The smallest absolute Gasteiger partial charge is 0.330 e. The number of furan rings is 1. The summed E-state index contributed by atoms with van der Waals surface area (Å²) in [6.07, 6.45) is 1.53. The minimum absolute atomic E-state index is 0.00509. The van der Waals surface area contributed by atoms with Crippen molar-refractivity contribution in [1.82, 2.24) is 4.90 Å². The molecule has 2 aromatic rings. The quantitative estimate of drug-likeness (QED) is 0.543. The van der Waals surface area contributed by atoms with Crippen LogP contribution in [-0.2, 0) is 19.7 Å². The number of carbonyl (C=O) groups is 3. The number of amides is 1. The average molecular weight is 416 g/mol. The van der Waals surface area contributed by atoms with E-state index in [-0.39, 0.29) is 29.1 Å². The third-order valence-corrected chi connectivity index (χ3v) is 6.12. The first-order chi connectivity index (χ1) is 13.7. The van der Waals surface area contributed by atoms with E-state index in [0.717, 1.165) is 5.56 Å². The summed E-state index contributed by atoms with van der Waals surface area (Å²) < 4.78 is 10.7. The van der Waals surface area contributed by atoms with Crippen LogP contribution in [0.2, 0.25) is 0 Å². The van der Waals surface area contributed by atoms with Crippen molar-refractivity contribution in [2.24, 2.45) is 0 Å². The van der Waals surface area contributed by atoms with Crippen LogP contribution in [0.4, 0.5) is 0 Å². The second kappa shape index (κ2) is 8.45. The van der Waals surface area contributed by atoms with Crippen LogP contribution >= 0.6 is 11.8 Å². The molecule has 154 valence electrons. The summed E-state index contributed by atoms with van der Waals surface area (Å²) in [6.45, 7) is 7.35. The maximum atomic E-state index is 12.6. The molecule has 0 aliphatic carbocycles. The molecule has 2 atom stereocenters. The first-order valence-electron chi connectivity index (χ1n) is 9.43. The molecule has 7 heteroatoms. The zero-order valence-electron chi connectivity index (χ0n) is 17.0. The van der Waals surface area contributed by atoms with Crippen molar-refractivity contribution in [2.45, 2.75) is 44.5 Å². The Balaban J connectivity index is 1.62. The van der Waals surface area contributed by atoms with E-state index >= 15 is 0 Å². The van der Waals surface area contributed by atoms with Gasteiger partial charge >= 0.3 is 5.97 Å². The lowest BCUT2D eigenvalue weighted by Crippen LogP contribution is -2.43. The Labute approximate surface area is 174 Å². The molecular weight excluding hydrogens is 390 g/mol. The summed E-state index contributed by atoms with van der Waals surface area (Å²) in [5.41, 5.74) is 1.60. The van der Waals surface area contributed by atoms with Crippen LogP contribution in [0.25, 0.3) is 0 Å². The first kappa shape index (κ1) is 21.2. The normalized spacial score (nSPS) is 19.2. The fourth-order valence-electron chi connectivity index (χ4n) is 3.20. The molecule has 1 aromatic heterocycles. The Hall–Kier alpha value is -2.54. The fourth-order valence-corrected chi connectivity index (χ4v) is 4.61. The van der Waals surface area contributed by atoms with Gasteiger partial charge in [0.25, 0.3) is 0 Å². The van der Waals surface area contributed by atoms with Gasteiger partial charge in [0.1, 0.15) is 17.2 Å². The van der Waals surface area contributed by atoms with Crippen LogP contribution in [0.5, 0.6) is 0 Å². The summed E-state index contributed by atoms with van der Waals surface area (Å²) in [5, 5.41) is -0.374. The number of esters is 1. The SMILES string of the molecule is CC(=O)N1[C@@H](c2ccco2)SC[C@H]1C(=O)OCC(=O)c1ccc(C(C)(C)C)cc1. The molecule has 1 saturated heterocycles. The monoisotopic (exact) mass is 415 g/mol. The van der Waals surface area contributed by atoms with Gasteiger partial charge in [0.2, 0.25) is 5.91 Å². The third kappa shape index (κ3) is 4.72. The van der Waals surface area contributed by atoms with Gasteiger partial charge in [-0.3, -0.25) is 9.59 Å². The van der Waals surface area contributed by atoms with Gasteiger partial charge in [0.15, 0.2) is 12.4 Å². The molecule has 6 nitrogen and oxygen atoms in total. The number of Topliss-reactive ketones (excluding diaryl/α,β-unsaturated/α-hetero) is 1. The van der Waals surface area contributed by atoms with E-state index in [1.54, 1.807) is 24.3 Å². The highest BCUT2D eigenvalue weighted by Gasteiger charge is 2.43. The molecule has 2 heterocycles. The van der Waals surface area contributed by atoms with Crippen molar-refractivity contribution in [3.05, 3.63) is 59.5 Å². The number of ether oxygens (including phenoxy) is 1. The Morgan fingerprint density at radius 3 is 2.41 bits per heavy atom. The van der Waals surface area contributed by atoms with Crippen LogP contribution in [0.3, 0.4) is 0 Å². The molecule has 1 aliphatic rings. The molecule has 0 bridgehead atoms. The highest BCUT2D eigenvalue weighted by atomic mass is 32.2. The van der Waals surface area contributed by atoms with E-state index in [1.165, 1.54) is 29.8 Å². The number of rotatable bonds is 5. The van der Waals surface area contributed by atoms with Crippen molar-refractivity contribution < 1.29 is 23.5 Å². The molecule has 0 unspecified atom stereocenters. The maximum absolute atomic E-state index is 12.6. The molecule has 0 saturated carbocycles.